The summed E-state index contributed by atoms with van der Waals surface area (Å²) in [5, 5.41) is 24.5. The van der Waals surface area contributed by atoms with Gasteiger partial charge in [0, 0.05) is 24.2 Å². The van der Waals surface area contributed by atoms with E-state index in [0.29, 0.717) is 42.3 Å². The number of aliphatic hydroxyl groups is 2. The van der Waals surface area contributed by atoms with E-state index in [2.05, 4.69) is 25.6 Å². The minimum Gasteiger partial charge on any atom is -0.489 e. The molecule has 1 fully saturated rings. The van der Waals surface area contributed by atoms with Crippen molar-refractivity contribution in [1.82, 2.24) is 15.0 Å². The van der Waals surface area contributed by atoms with E-state index in [1.807, 2.05) is 4.90 Å². The number of hydrogen-bond donors (Lipinski definition) is 4. The van der Waals surface area contributed by atoms with Gasteiger partial charge in [-0.1, -0.05) is 12.1 Å². The number of pyridine rings is 1. The number of fused-ring (bicyclic) bond motifs is 4. The van der Waals surface area contributed by atoms with Gasteiger partial charge in [-0.25, -0.2) is 9.97 Å². The number of benzene rings is 1. The summed E-state index contributed by atoms with van der Waals surface area (Å²) in [6, 6.07) is 5.90. The van der Waals surface area contributed by atoms with Gasteiger partial charge in [0.05, 0.1) is 42.1 Å². The Morgan fingerprint density at radius 3 is 2.87 bits per heavy atom. The summed E-state index contributed by atoms with van der Waals surface area (Å²) in [5.41, 5.74) is 0.449. The van der Waals surface area contributed by atoms with Crippen LogP contribution in [0, 0.1) is 0 Å². The number of aliphatic hydroxyl groups excluding tert-OH is 2. The molecule has 1 amide bonds. The quantitative estimate of drug-likeness (QED) is 0.364. The Balaban J connectivity index is 1.34. The zero-order valence-corrected chi connectivity index (χ0v) is 20.0. The third-order valence-corrected chi connectivity index (χ3v) is 6.39. The molecule has 2 aromatic heterocycles. The smallest absolute Gasteiger partial charge is 0.416 e. The van der Waals surface area contributed by atoms with Crippen molar-refractivity contribution in [2.45, 2.75) is 37.2 Å². The summed E-state index contributed by atoms with van der Waals surface area (Å²) in [7, 11) is 0. The molecule has 4 heterocycles. The number of hydrogen-bond acceptors (Lipinski definition) is 9. The molecule has 3 atom stereocenters. The maximum atomic E-state index is 13.3. The average molecular weight is 531 g/mol. The molecule has 1 aromatic carbocycles. The van der Waals surface area contributed by atoms with Gasteiger partial charge in [-0.05, 0) is 25.0 Å². The lowest BCUT2D eigenvalue weighted by Crippen LogP contribution is -2.56. The van der Waals surface area contributed by atoms with Gasteiger partial charge < -0.3 is 30.5 Å². The molecular weight excluding hydrogens is 505 g/mol. The number of amides is 1. The fourth-order valence-electron chi connectivity index (χ4n) is 4.52. The van der Waals surface area contributed by atoms with Crippen molar-refractivity contribution in [3.8, 4) is 17.1 Å². The zero-order chi connectivity index (χ0) is 26.9. The summed E-state index contributed by atoms with van der Waals surface area (Å²) in [6.45, 7) is -0.0265. The Morgan fingerprint density at radius 2 is 2.08 bits per heavy atom. The number of aromatic nitrogens is 3. The van der Waals surface area contributed by atoms with Gasteiger partial charge in [-0.3, -0.25) is 9.78 Å². The van der Waals surface area contributed by atoms with Crippen molar-refractivity contribution in [3.63, 3.8) is 0 Å². The number of piperidine rings is 1. The van der Waals surface area contributed by atoms with E-state index in [1.165, 1.54) is 30.7 Å². The summed E-state index contributed by atoms with van der Waals surface area (Å²) in [4.78, 5) is 28.0. The van der Waals surface area contributed by atoms with Gasteiger partial charge in [0.15, 0.2) is 11.6 Å². The fraction of sp³-hybridized carbons (Fsp3) is 0.360. The van der Waals surface area contributed by atoms with Crippen molar-refractivity contribution >= 4 is 23.1 Å². The molecule has 2 bridgehead atoms. The van der Waals surface area contributed by atoms with Gasteiger partial charge in [-0.2, -0.15) is 13.2 Å². The Bertz CT molecular complexity index is 1320. The molecule has 4 N–H and O–H groups in total. The van der Waals surface area contributed by atoms with Crippen LogP contribution in [0.4, 0.5) is 30.4 Å². The third-order valence-electron chi connectivity index (χ3n) is 6.39. The molecule has 1 unspecified atom stereocenters. The molecular formula is C25H25F3N6O4. The second kappa shape index (κ2) is 10.4. The normalized spacial score (nSPS) is 19.2. The standard InChI is InChI=1S/C25H25F3N6O4/c26-25(27,28)15-3-1-2-14(6-15)22-30-10-21-23(33-22)31-16-4-5-20(34(21)11-16)24(37)32-17-7-19(9-29-8-17)38-13-18(36)12-35/h1-3,6-10,16,18,20,35-36H,4-5,11-13H2,(H,32,37)(H,30,31,33)/t16-,18-,20?/m0/s1. The molecule has 0 radical (unpaired) electrons. The fourth-order valence-corrected chi connectivity index (χ4v) is 4.52. The van der Waals surface area contributed by atoms with Crippen LogP contribution in [-0.4, -0.2) is 69.0 Å². The molecule has 3 aromatic rings. The average Bonchev–Trinajstić information content (AvgIpc) is 2.91. The minimum atomic E-state index is -4.48. The second-order valence-electron chi connectivity index (χ2n) is 9.14. The highest BCUT2D eigenvalue weighted by Crippen LogP contribution is 2.38. The highest BCUT2D eigenvalue weighted by Gasteiger charge is 2.38. The van der Waals surface area contributed by atoms with E-state index < -0.39 is 30.5 Å². The largest absolute Gasteiger partial charge is 0.489 e. The SMILES string of the molecule is O=C(Nc1cncc(OC[C@@H](O)CO)c1)C1CC[C@H]2CN1c1cnc(-c3cccc(C(F)(F)F)c3)nc1N2. The molecule has 0 saturated carbocycles. The van der Waals surface area contributed by atoms with Crippen LogP contribution in [0.15, 0.2) is 48.9 Å². The number of nitrogens with one attached hydrogen (secondary N) is 2. The first-order valence-corrected chi connectivity index (χ1v) is 12.0. The summed E-state index contributed by atoms with van der Waals surface area (Å²) < 4.78 is 44.9. The predicted molar refractivity (Wildman–Crippen MR) is 132 cm³/mol. The number of carbonyl (C=O) groups excluding carboxylic acids is 1. The van der Waals surface area contributed by atoms with Gasteiger partial charge >= 0.3 is 6.18 Å². The van der Waals surface area contributed by atoms with E-state index in [0.717, 1.165) is 12.1 Å². The van der Waals surface area contributed by atoms with Gasteiger partial charge in [0.1, 0.15) is 24.5 Å². The van der Waals surface area contributed by atoms with Crippen LogP contribution in [0.5, 0.6) is 5.75 Å². The van der Waals surface area contributed by atoms with Crippen molar-refractivity contribution in [2.75, 3.05) is 35.3 Å². The third kappa shape index (κ3) is 5.48. The van der Waals surface area contributed by atoms with Crippen LogP contribution in [-0.2, 0) is 11.0 Å². The van der Waals surface area contributed by atoms with Gasteiger partial charge in [0.25, 0.3) is 0 Å². The highest BCUT2D eigenvalue weighted by atomic mass is 19.4. The van der Waals surface area contributed by atoms with Crippen molar-refractivity contribution in [2.24, 2.45) is 0 Å². The Labute approximate surface area is 215 Å². The molecule has 10 nitrogen and oxygen atoms in total. The number of carbonyl (C=O) groups is 1. The van der Waals surface area contributed by atoms with Crippen LogP contribution in [0.3, 0.4) is 0 Å². The number of alkyl halides is 3. The molecule has 13 heteroatoms. The molecule has 0 spiro atoms. The monoisotopic (exact) mass is 530 g/mol. The lowest BCUT2D eigenvalue weighted by Gasteiger charge is -2.44. The van der Waals surface area contributed by atoms with Crippen molar-refractivity contribution < 1.29 is 32.9 Å². The van der Waals surface area contributed by atoms with Gasteiger partial charge in [0.2, 0.25) is 5.91 Å². The van der Waals surface area contributed by atoms with Crippen LogP contribution < -0.4 is 20.3 Å². The van der Waals surface area contributed by atoms with E-state index in [1.54, 1.807) is 6.07 Å². The molecule has 0 aliphatic carbocycles. The number of anilines is 3. The van der Waals surface area contributed by atoms with E-state index >= 15 is 0 Å². The van der Waals surface area contributed by atoms with Crippen LogP contribution >= 0.6 is 0 Å². The van der Waals surface area contributed by atoms with Crippen molar-refractivity contribution in [1.29, 1.82) is 0 Å². The first-order valence-electron chi connectivity index (χ1n) is 12.0. The Morgan fingerprint density at radius 1 is 1.24 bits per heavy atom. The van der Waals surface area contributed by atoms with Crippen molar-refractivity contribution in [3.05, 3.63) is 54.5 Å². The lowest BCUT2D eigenvalue weighted by atomic mass is 9.94. The maximum absolute atomic E-state index is 13.3. The van der Waals surface area contributed by atoms with Gasteiger partial charge in [-0.15, -0.1) is 0 Å². The molecule has 38 heavy (non-hydrogen) atoms. The molecule has 1 saturated heterocycles. The first kappa shape index (κ1) is 25.7. The van der Waals surface area contributed by atoms with E-state index in [-0.39, 0.29) is 29.9 Å². The Hall–Kier alpha value is -3.97. The van der Waals surface area contributed by atoms with Crippen LogP contribution in [0.1, 0.15) is 18.4 Å². The molecule has 2 aliphatic rings. The second-order valence-corrected chi connectivity index (χ2v) is 9.14. The molecule has 200 valence electrons. The van der Waals surface area contributed by atoms with Crippen LogP contribution in [0.2, 0.25) is 0 Å². The topological polar surface area (TPSA) is 133 Å². The number of halogens is 3. The number of rotatable bonds is 7. The molecule has 2 aliphatic heterocycles. The lowest BCUT2D eigenvalue weighted by molar-refractivity contribution is -0.137. The minimum absolute atomic E-state index is 0.0205. The van der Waals surface area contributed by atoms with Crippen LogP contribution in [0.25, 0.3) is 11.4 Å². The summed E-state index contributed by atoms with van der Waals surface area (Å²) in [5.74, 6) is 0.661. The predicted octanol–water partition coefficient (Wildman–Crippen LogP) is 2.69. The Kier molecular flexibility index (Phi) is 7.04. The zero-order valence-electron chi connectivity index (χ0n) is 20.0. The highest BCUT2D eigenvalue weighted by molar-refractivity contribution is 5.98. The van der Waals surface area contributed by atoms with E-state index in [9.17, 15) is 23.1 Å². The summed E-state index contributed by atoms with van der Waals surface area (Å²) in [6.07, 6.45) is 0.156. The molecule has 5 rings (SSSR count). The van der Waals surface area contributed by atoms with E-state index in [4.69, 9.17) is 9.84 Å². The first-order chi connectivity index (χ1) is 18.2. The summed E-state index contributed by atoms with van der Waals surface area (Å²) >= 11 is 0. The maximum Gasteiger partial charge on any atom is 0.416 e. The number of ether oxygens (including phenoxy) is 1. The number of nitrogens with zero attached hydrogens (tertiary/aromatic N) is 4.